The molecule has 0 atom stereocenters. The highest BCUT2D eigenvalue weighted by molar-refractivity contribution is 6.33. The Morgan fingerprint density at radius 1 is 1.39 bits per heavy atom. The van der Waals surface area contributed by atoms with Crippen LogP contribution in [-0.4, -0.2) is 32.3 Å². The largest absolute Gasteiger partial charge is 0.497 e. The van der Waals surface area contributed by atoms with Gasteiger partial charge in [0.1, 0.15) is 5.75 Å². The van der Waals surface area contributed by atoms with Crippen molar-refractivity contribution in [3.63, 3.8) is 0 Å². The molecule has 1 saturated heterocycles. The highest BCUT2D eigenvalue weighted by Gasteiger charge is 2.25. The lowest BCUT2D eigenvalue weighted by atomic mass is 10.1. The summed E-state index contributed by atoms with van der Waals surface area (Å²) < 4.78 is 5.28. The van der Waals surface area contributed by atoms with E-state index < -0.39 is 0 Å². The maximum absolute atomic E-state index is 6.32. The average Bonchev–Trinajstić information content (AvgIpc) is 2.51. The predicted molar refractivity (Wildman–Crippen MR) is 76.9 cm³/mol. The van der Waals surface area contributed by atoms with E-state index in [1.807, 2.05) is 18.2 Å². The van der Waals surface area contributed by atoms with Crippen LogP contribution in [0.1, 0.15) is 20.3 Å². The Hall–Kier alpha value is -0.930. The van der Waals surface area contributed by atoms with Crippen LogP contribution in [-0.2, 0) is 0 Å². The molecule has 4 heteroatoms. The Morgan fingerprint density at radius 2 is 2.17 bits per heavy atom. The van der Waals surface area contributed by atoms with Crippen LogP contribution in [0.4, 0.5) is 5.69 Å². The van der Waals surface area contributed by atoms with E-state index in [-0.39, 0.29) is 5.54 Å². The number of ether oxygens (including phenoxy) is 1. The van der Waals surface area contributed by atoms with Crippen LogP contribution < -0.4 is 15.0 Å². The van der Waals surface area contributed by atoms with Crippen molar-refractivity contribution in [3.05, 3.63) is 23.2 Å². The van der Waals surface area contributed by atoms with Crippen LogP contribution >= 0.6 is 11.6 Å². The lowest BCUT2D eigenvalue weighted by Gasteiger charge is -2.32. The highest BCUT2D eigenvalue weighted by atomic mass is 35.5. The summed E-state index contributed by atoms with van der Waals surface area (Å²) in [5.41, 5.74) is 1.16. The van der Waals surface area contributed by atoms with Crippen molar-refractivity contribution in [3.8, 4) is 5.75 Å². The zero-order chi connectivity index (χ0) is 13.2. The smallest absolute Gasteiger partial charge is 0.121 e. The maximum Gasteiger partial charge on any atom is 0.121 e. The van der Waals surface area contributed by atoms with Gasteiger partial charge in [-0.3, -0.25) is 0 Å². The summed E-state index contributed by atoms with van der Waals surface area (Å²) in [7, 11) is 1.68. The molecule has 1 heterocycles. The van der Waals surface area contributed by atoms with E-state index >= 15 is 0 Å². The van der Waals surface area contributed by atoms with E-state index in [1.165, 1.54) is 0 Å². The van der Waals surface area contributed by atoms with Gasteiger partial charge in [0.2, 0.25) is 0 Å². The van der Waals surface area contributed by atoms with Gasteiger partial charge in [-0.1, -0.05) is 11.6 Å². The second kappa shape index (κ2) is 5.37. The number of anilines is 1. The minimum Gasteiger partial charge on any atom is -0.497 e. The first kappa shape index (κ1) is 13.5. The third-order valence-electron chi connectivity index (χ3n) is 3.29. The van der Waals surface area contributed by atoms with Gasteiger partial charge in [-0.05, 0) is 38.9 Å². The third kappa shape index (κ3) is 3.09. The molecule has 0 amide bonds. The molecular weight excluding hydrogens is 248 g/mol. The number of hydrogen-bond acceptors (Lipinski definition) is 3. The van der Waals surface area contributed by atoms with Crippen molar-refractivity contribution >= 4 is 17.3 Å². The van der Waals surface area contributed by atoms with E-state index in [2.05, 4.69) is 24.1 Å². The molecule has 0 saturated carbocycles. The zero-order valence-corrected chi connectivity index (χ0v) is 12.0. The van der Waals surface area contributed by atoms with E-state index in [1.54, 1.807) is 7.11 Å². The van der Waals surface area contributed by atoms with Gasteiger partial charge in [0.25, 0.3) is 0 Å². The number of nitrogens with zero attached hydrogens (tertiary/aromatic N) is 1. The van der Waals surface area contributed by atoms with Gasteiger partial charge in [0, 0.05) is 24.7 Å². The van der Waals surface area contributed by atoms with Gasteiger partial charge in [-0.2, -0.15) is 0 Å². The first-order valence-electron chi connectivity index (χ1n) is 6.35. The maximum atomic E-state index is 6.32. The number of methoxy groups -OCH3 is 1. The van der Waals surface area contributed by atoms with Crippen LogP contribution in [0.2, 0.25) is 5.02 Å². The SMILES string of the molecule is COc1ccc(Cl)c(N2CCCNC(C)(C)C2)c1. The molecule has 3 nitrogen and oxygen atoms in total. The lowest BCUT2D eigenvalue weighted by Crippen LogP contribution is -2.46. The van der Waals surface area contributed by atoms with Crippen molar-refractivity contribution in [2.45, 2.75) is 25.8 Å². The van der Waals surface area contributed by atoms with E-state index in [0.29, 0.717) is 0 Å². The summed E-state index contributed by atoms with van der Waals surface area (Å²) in [6.07, 6.45) is 1.12. The summed E-state index contributed by atoms with van der Waals surface area (Å²) in [6, 6.07) is 5.82. The molecule has 0 radical (unpaired) electrons. The molecule has 0 aliphatic carbocycles. The van der Waals surface area contributed by atoms with Crippen LogP contribution in [0.25, 0.3) is 0 Å². The summed E-state index contributed by atoms with van der Waals surface area (Å²) in [6.45, 7) is 7.45. The summed E-state index contributed by atoms with van der Waals surface area (Å²) in [5, 5.41) is 4.34. The quantitative estimate of drug-likeness (QED) is 0.893. The van der Waals surface area contributed by atoms with Gasteiger partial charge in [0.15, 0.2) is 0 Å². The number of nitrogens with one attached hydrogen (secondary N) is 1. The highest BCUT2D eigenvalue weighted by Crippen LogP contribution is 2.31. The lowest BCUT2D eigenvalue weighted by molar-refractivity contribution is 0.411. The third-order valence-corrected chi connectivity index (χ3v) is 3.61. The normalized spacial score (nSPS) is 19.4. The molecule has 1 aliphatic rings. The van der Waals surface area contributed by atoms with Crippen molar-refractivity contribution < 1.29 is 4.74 Å². The molecule has 1 aliphatic heterocycles. The van der Waals surface area contributed by atoms with Gasteiger partial charge in [-0.15, -0.1) is 0 Å². The van der Waals surface area contributed by atoms with Gasteiger partial charge in [0.05, 0.1) is 17.8 Å². The van der Waals surface area contributed by atoms with Crippen LogP contribution in [0.5, 0.6) is 5.75 Å². The van der Waals surface area contributed by atoms with Gasteiger partial charge >= 0.3 is 0 Å². The molecule has 0 bridgehead atoms. The molecule has 2 rings (SSSR count). The summed E-state index contributed by atoms with van der Waals surface area (Å²) in [5.74, 6) is 0.851. The van der Waals surface area contributed by atoms with E-state index in [0.717, 1.165) is 42.5 Å². The minimum atomic E-state index is 0.100. The number of halogens is 1. The van der Waals surface area contributed by atoms with Crippen LogP contribution in [0.3, 0.4) is 0 Å². The van der Waals surface area contributed by atoms with Crippen molar-refractivity contribution in [1.82, 2.24) is 5.32 Å². The molecule has 18 heavy (non-hydrogen) atoms. The Labute approximate surface area is 114 Å². The Kier molecular flexibility index (Phi) is 4.03. The molecule has 1 aromatic rings. The van der Waals surface area contributed by atoms with Gasteiger partial charge < -0.3 is 15.0 Å². The second-order valence-electron chi connectivity index (χ2n) is 5.40. The number of hydrogen-bond donors (Lipinski definition) is 1. The van der Waals surface area contributed by atoms with E-state index in [9.17, 15) is 0 Å². The first-order valence-corrected chi connectivity index (χ1v) is 6.73. The van der Waals surface area contributed by atoms with Crippen molar-refractivity contribution in [2.75, 3.05) is 31.6 Å². The number of rotatable bonds is 2. The topological polar surface area (TPSA) is 24.5 Å². The second-order valence-corrected chi connectivity index (χ2v) is 5.81. The predicted octanol–water partition coefficient (Wildman–Crippen LogP) is 2.93. The fraction of sp³-hybridized carbons (Fsp3) is 0.571. The van der Waals surface area contributed by atoms with Crippen molar-refractivity contribution in [1.29, 1.82) is 0 Å². The fourth-order valence-electron chi connectivity index (χ4n) is 2.38. The fourth-order valence-corrected chi connectivity index (χ4v) is 2.61. The summed E-state index contributed by atoms with van der Waals surface area (Å²) >= 11 is 6.32. The monoisotopic (exact) mass is 268 g/mol. The average molecular weight is 269 g/mol. The molecule has 100 valence electrons. The first-order chi connectivity index (χ1) is 8.52. The number of benzene rings is 1. The van der Waals surface area contributed by atoms with E-state index in [4.69, 9.17) is 16.3 Å². The summed E-state index contributed by atoms with van der Waals surface area (Å²) in [4.78, 5) is 2.34. The molecule has 0 aromatic heterocycles. The van der Waals surface area contributed by atoms with Crippen molar-refractivity contribution in [2.24, 2.45) is 0 Å². The molecule has 0 unspecified atom stereocenters. The van der Waals surface area contributed by atoms with Gasteiger partial charge in [-0.25, -0.2) is 0 Å². The standard InChI is InChI=1S/C14H21ClN2O/c1-14(2)10-17(8-4-7-16-14)13-9-11(18-3)5-6-12(13)15/h5-6,9,16H,4,7-8,10H2,1-3H3. The minimum absolute atomic E-state index is 0.100. The molecule has 1 N–H and O–H groups in total. The molecule has 0 spiro atoms. The Bertz CT molecular complexity index is 420. The zero-order valence-electron chi connectivity index (χ0n) is 11.3. The Morgan fingerprint density at radius 3 is 2.89 bits per heavy atom. The molecule has 1 aromatic carbocycles. The molecule has 1 fully saturated rings. The van der Waals surface area contributed by atoms with Crippen LogP contribution in [0.15, 0.2) is 18.2 Å². The Balaban J connectivity index is 2.28. The molecular formula is C14H21ClN2O. The van der Waals surface area contributed by atoms with Crippen LogP contribution in [0, 0.1) is 0 Å².